The van der Waals surface area contributed by atoms with Crippen molar-refractivity contribution in [1.82, 2.24) is 10.2 Å². The number of carbonyl (C=O) groups excluding carboxylic acids is 3. The molecule has 1 aliphatic carbocycles. The zero-order valence-corrected chi connectivity index (χ0v) is 18.1. The molecule has 2 aliphatic heterocycles. The average Bonchev–Trinajstić information content (AvgIpc) is 2.96. The van der Waals surface area contributed by atoms with Crippen LogP contribution in [0.3, 0.4) is 0 Å². The van der Waals surface area contributed by atoms with Crippen molar-refractivity contribution < 1.29 is 23.9 Å². The zero-order valence-electron chi connectivity index (χ0n) is 18.1. The summed E-state index contributed by atoms with van der Waals surface area (Å²) in [5, 5.41) is 2.76. The van der Waals surface area contributed by atoms with Crippen molar-refractivity contribution in [2.24, 2.45) is 0 Å². The molecule has 1 atom stereocenters. The van der Waals surface area contributed by atoms with E-state index >= 15 is 0 Å². The summed E-state index contributed by atoms with van der Waals surface area (Å²) >= 11 is 0. The normalized spacial score (nSPS) is 22.2. The summed E-state index contributed by atoms with van der Waals surface area (Å²) in [6, 6.07) is 10.4. The second-order valence-electron chi connectivity index (χ2n) is 8.77. The molecule has 1 unspecified atom stereocenters. The fraction of sp³-hybridized carbons (Fsp3) is 0.400. The lowest BCUT2D eigenvalue weighted by Crippen LogP contribution is -2.41. The summed E-state index contributed by atoms with van der Waals surface area (Å²) in [7, 11) is 0. The van der Waals surface area contributed by atoms with E-state index in [1.165, 1.54) is 17.5 Å². The van der Waals surface area contributed by atoms with Gasteiger partial charge in [0.05, 0.1) is 19.8 Å². The van der Waals surface area contributed by atoms with Crippen LogP contribution in [0.2, 0.25) is 0 Å². The predicted octanol–water partition coefficient (Wildman–Crippen LogP) is 3.38. The first kappa shape index (κ1) is 20.5. The van der Waals surface area contributed by atoms with Gasteiger partial charge in [-0.25, -0.2) is 4.79 Å². The summed E-state index contributed by atoms with van der Waals surface area (Å²) in [4.78, 5) is 39.9. The van der Waals surface area contributed by atoms with Gasteiger partial charge >= 0.3 is 6.03 Å². The van der Waals surface area contributed by atoms with Gasteiger partial charge < -0.3 is 14.8 Å². The van der Waals surface area contributed by atoms with Crippen molar-refractivity contribution in [1.29, 1.82) is 0 Å². The molecule has 0 radical (unpaired) electrons. The Balaban J connectivity index is 1.37. The van der Waals surface area contributed by atoms with E-state index in [0.717, 1.165) is 30.6 Å². The number of nitrogens with zero attached hydrogens (tertiary/aromatic N) is 1. The maximum atomic E-state index is 13.3. The molecule has 1 fully saturated rings. The standard InChI is InChI=1S/C25H26N2O5/c1-25(19-9-10-21-22(14-19)32-12-4-11-31-21)23(29)27(24(30)26-25)15-20(28)18-8-7-16-5-2-3-6-17(16)13-18/h7-10,13-14H,2-6,11-12,15H2,1H3,(H,26,30). The summed E-state index contributed by atoms with van der Waals surface area (Å²) in [6.07, 6.45) is 5.05. The van der Waals surface area contributed by atoms with Crippen LogP contribution in [0.15, 0.2) is 36.4 Å². The van der Waals surface area contributed by atoms with E-state index in [4.69, 9.17) is 9.47 Å². The molecule has 2 aromatic rings. The average molecular weight is 434 g/mol. The predicted molar refractivity (Wildman–Crippen MR) is 117 cm³/mol. The molecule has 32 heavy (non-hydrogen) atoms. The first-order valence-corrected chi connectivity index (χ1v) is 11.1. The second kappa shape index (κ2) is 7.97. The van der Waals surface area contributed by atoms with E-state index in [9.17, 15) is 14.4 Å². The van der Waals surface area contributed by atoms with Crippen LogP contribution in [0.25, 0.3) is 0 Å². The lowest BCUT2D eigenvalue weighted by molar-refractivity contribution is -0.130. The molecular formula is C25H26N2O5. The third-order valence-corrected chi connectivity index (χ3v) is 6.57. The summed E-state index contributed by atoms with van der Waals surface area (Å²) in [5.74, 6) is 0.464. The van der Waals surface area contributed by atoms with Gasteiger partial charge in [-0.2, -0.15) is 0 Å². The van der Waals surface area contributed by atoms with Gasteiger partial charge in [0.15, 0.2) is 17.3 Å². The fourth-order valence-electron chi connectivity index (χ4n) is 4.65. The molecule has 7 heteroatoms. The minimum atomic E-state index is -1.28. The SMILES string of the molecule is CC1(c2ccc3c(c2)OCCCO3)NC(=O)N(CC(=O)c2ccc3c(c2)CCCC3)C1=O. The fourth-order valence-corrected chi connectivity index (χ4v) is 4.65. The first-order valence-electron chi connectivity index (χ1n) is 11.1. The van der Waals surface area contributed by atoms with E-state index in [1.807, 2.05) is 12.1 Å². The van der Waals surface area contributed by atoms with Gasteiger partial charge in [0.2, 0.25) is 0 Å². The van der Waals surface area contributed by atoms with Crippen LogP contribution < -0.4 is 14.8 Å². The van der Waals surface area contributed by atoms with Crippen LogP contribution in [0, 0.1) is 0 Å². The van der Waals surface area contributed by atoms with Crippen LogP contribution in [-0.4, -0.2) is 42.4 Å². The highest BCUT2D eigenvalue weighted by Gasteiger charge is 2.49. The molecular weight excluding hydrogens is 408 g/mol. The van der Waals surface area contributed by atoms with Crippen LogP contribution in [0.5, 0.6) is 11.5 Å². The monoisotopic (exact) mass is 434 g/mol. The highest BCUT2D eigenvalue weighted by molar-refractivity contribution is 6.11. The quantitative estimate of drug-likeness (QED) is 0.589. The number of imide groups is 1. The highest BCUT2D eigenvalue weighted by atomic mass is 16.5. The molecule has 2 heterocycles. The number of hydrogen-bond donors (Lipinski definition) is 1. The van der Waals surface area contributed by atoms with Crippen molar-refractivity contribution in [2.45, 2.75) is 44.6 Å². The Kier molecular flexibility index (Phi) is 5.12. The van der Waals surface area contributed by atoms with Gasteiger partial charge in [0.25, 0.3) is 5.91 Å². The largest absolute Gasteiger partial charge is 0.490 e. The van der Waals surface area contributed by atoms with Crippen molar-refractivity contribution >= 4 is 17.7 Å². The summed E-state index contributed by atoms with van der Waals surface area (Å²) in [6.45, 7) is 2.45. The number of carbonyl (C=O) groups is 3. The van der Waals surface area contributed by atoms with Gasteiger partial charge in [0.1, 0.15) is 5.54 Å². The van der Waals surface area contributed by atoms with Crippen LogP contribution in [0.4, 0.5) is 4.79 Å². The number of fused-ring (bicyclic) bond motifs is 2. The number of Topliss-reactive ketones (excluding diaryl/α,β-unsaturated/α-hetero) is 1. The number of benzene rings is 2. The molecule has 3 amide bonds. The number of rotatable bonds is 4. The second-order valence-corrected chi connectivity index (χ2v) is 8.77. The van der Waals surface area contributed by atoms with Crippen molar-refractivity contribution in [2.75, 3.05) is 19.8 Å². The van der Waals surface area contributed by atoms with Gasteiger partial charge in [-0.3, -0.25) is 14.5 Å². The lowest BCUT2D eigenvalue weighted by atomic mass is 9.89. The maximum Gasteiger partial charge on any atom is 0.325 e. The molecule has 0 saturated carbocycles. The Morgan fingerprint density at radius 2 is 1.72 bits per heavy atom. The van der Waals surface area contributed by atoms with E-state index in [1.54, 1.807) is 31.2 Å². The molecule has 1 N–H and O–H groups in total. The Hall–Kier alpha value is -3.35. The molecule has 0 spiro atoms. The van der Waals surface area contributed by atoms with Crippen LogP contribution in [0.1, 0.15) is 53.2 Å². The number of ether oxygens (including phenoxy) is 2. The zero-order chi connectivity index (χ0) is 22.3. The van der Waals surface area contributed by atoms with E-state index in [-0.39, 0.29) is 12.3 Å². The molecule has 2 aromatic carbocycles. The van der Waals surface area contributed by atoms with Crippen molar-refractivity contribution in [3.05, 3.63) is 58.7 Å². The van der Waals surface area contributed by atoms with Gasteiger partial charge in [-0.05, 0) is 67.5 Å². The molecule has 166 valence electrons. The molecule has 7 nitrogen and oxygen atoms in total. The lowest BCUT2D eigenvalue weighted by Gasteiger charge is -2.23. The topological polar surface area (TPSA) is 84.9 Å². The number of amides is 3. The molecule has 0 aromatic heterocycles. The Labute approximate surface area is 186 Å². The summed E-state index contributed by atoms with van der Waals surface area (Å²) in [5.41, 5.74) is 2.32. The number of ketones is 1. The number of nitrogens with one attached hydrogen (secondary N) is 1. The molecule has 1 saturated heterocycles. The highest BCUT2D eigenvalue weighted by Crippen LogP contribution is 2.36. The Morgan fingerprint density at radius 1 is 0.969 bits per heavy atom. The van der Waals surface area contributed by atoms with E-state index in [0.29, 0.717) is 35.8 Å². The molecule has 3 aliphatic rings. The van der Waals surface area contributed by atoms with Crippen molar-refractivity contribution in [3.8, 4) is 11.5 Å². The van der Waals surface area contributed by atoms with E-state index < -0.39 is 17.5 Å². The van der Waals surface area contributed by atoms with Gasteiger partial charge in [-0.1, -0.05) is 18.2 Å². The third-order valence-electron chi connectivity index (χ3n) is 6.57. The van der Waals surface area contributed by atoms with Crippen molar-refractivity contribution in [3.63, 3.8) is 0 Å². The Bertz CT molecular complexity index is 1110. The van der Waals surface area contributed by atoms with Gasteiger partial charge in [-0.15, -0.1) is 0 Å². The summed E-state index contributed by atoms with van der Waals surface area (Å²) < 4.78 is 11.4. The first-order chi connectivity index (χ1) is 15.5. The Morgan fingerprint density at radius 3 is 2.53 bits per heavy atom. The molecule has 0 bridgehead atoms. The van der Waals surface area contributed by atoms with Crippen LogP contribution in [-0.2, 0) is 23.2 Å². The maximum absolute atomic E-state index is 13.3. The third kappa shape index (κ3) is 3.51. The van der Waals surface area contributed by atoms with E-state index in [2.05, 4.69) is 5.32 Å². The minimum Gasteiger partial charge on any atom is -0.490 e. The number of hydrogen-bond acceptors (Lipinski definition) is 5. The van der Waals surface area contributed by atoms with Crippen LogP contribution >= 0.6 is 0 Å². The number of aryl methyl sites for hydroxylation is 2. The van der Waals surface area contributed by atoms with Gasteiger partial charge in [0, 0.05) is 12.0 Å². The molecule has 5 rings (SSSR count). The number of urea groups is 1. The minimum absolute atomic E-state index is 0.246. The smallest absolute Gasteiger partial charge is 0.325 e.